The number of ether oxygens (including phenoxy) is 9. The Morgan fingerprint density at radius 3 is 0.917 bits per heavy atom. The molecule has 0 spiro atoms. The second kappa shape index (κ2) is 27.5. The lowest BCUT2D eigenvalue weighted by Crippen LogP contribution is -2.63. The smallest absolute Gasteiger partial charge is 0.135 e. The van der Waals surface area contributed by atoms with E-state index < -0.39 is 59.7 Å². The monoisotopic (exact) mass is 988 g/mol. The molecule has 10 atom stereocenters. The summed E-state index contributed by atoms with van der Waals surface area (Å²) in [7, 11) is 0. The Morgan fingerprint density at radius 2 is 0.569 bits per heavy atom. The highest BCUT2D eigenvalue weighted by molar-refractivity contribution is 8.00. The number of benzene rings is 7. The van der Waals surface area contributed by atoms with Crippen LogP contribution in [0.15, 0.2) is 212 Å². The minimum Gasteiger partial charge on any atom is -0.387 e. The topological polar surface area (TPSA) is 103 Å². The van der Waals surface area contributed by atoms with Crippen LogP contribution in [0.4, 0.5) is 0 Å². The van der Waals surface area contributed by atoms with Crippen molar-refractivity contribution < 1.29 is 47.7 Å². The van der Waals surface area contributed by atoms with Crippen LogP contribution in [-0.4, -0.2) is 78.0 Å². The summed E-state index contributed by atoms with van der Waals surface area (Å²) in [6.45, 7) is 2.44. The van der Waals surface area contributed by atoms with Crippen LogP contribution >= 0.6 is 11.8 Å². The van der Waals surface area contributed by atoms with Crippen LogP contribution in [-0.2, 0) is 88.9 Å². The number of aliphatic hydroxyl groups excluding tert-OH is 1. The van der Waals surface area contributed by atoms with Gasteiger partial charge in [0, 0.05) is 0 Å². The van der Waals surface area contributed by atoms with Gasteiger partial charge in [-0.3, -0.25) is 0 Å². The minimum atomic E-state index is -1.19. The van der Waals surface area contributed by atoms with Gasteiger partial charge in [-0.1, -0.05) is 224 Å². The maximum atomic E-state index is 12.8. The van der Waals surface area contributed by atoms with Gasteiger partial charge in [0.15, 0.2) is 0 Å². The molecule has 2 aliphatic rings. The molecule has 0 saturated carbocycles. The zero-order valence-corrected chi connectivity index (χ0v) is 41.2. The molecule has 374 valence electrons. The first-order chi connectivity index (χ1) is 35.6. The Bertz CT molecular complexity index is 2550. The van der Waals surface area contributed by atoms with Crippen LogP contribution in [0.2, 0.25) is 0 Å². The van der Waals surface area contributed by atoms with E-state index >= 15 is 0 Å². The van der Waals surface area contributed by atoms with Gasteiger partial charge in [0.1, 0.15) is 59.7 Å². The van der Waals surface area contributed by atoms with Crippen molar-refractivity contribution in [3.8, 4) is 0 Å². The molecule has 7 aromatic carbocycles. The third-order valence-corrected chi connectivity index (χ3v) is 14.0. The molecule has 7 aromatic rings. The van der Waals surface area contributed by atoms with Crippen LogP contribution < -0.4 is 0 Å². The van der Waals surface area contributed by atoms with Crippen LogP contribution in [0.1, 0.15) is 38.9 Å². The van der Waals surface area contributed by atoms with Crippen molar-refractivity contribution in [2.45, 2.75) is 106 Å². The molecule has 2 aliphatic heterocycles. The van der Waals surface area contributed by atoms with Crippen molar-refractivity contribution in [2.75, 3.05) is 13.2 Å². The molecule has 72 heavy (non-hydrogen) atoms. The third kappa shape index (κ3) is 15.0. The minimum absolute atomic E-state index is 0.164. The summed E-state index contributed by atoms with van der Waals surface area (Å²) < 4.78 is 61.8. The highest BCUT2D eigenvalue weighted by Gasteiger charge is 2.53. The van der Waals surface area contributed by atoms with E-state index in [4.69, 9.17) is 42.6 Å². The van der Waals surface area contributed by atoms with Crippen molar-refractivity contribution in [1.82, 2.24) is 0 Å². The van der Waals surface area contributed by atoms with Gasteiger partial charge in [0.2, 0.25) is 0 Å². The molecule has 1 N–H and O–H groups in total. The van der Waals surface area contributed by atoms with Crippen molar-refractivity contribution in [1.29, 1.82) is 0 Å². The van der Waals surface area contributed by atoms with Gasteiger partial charge in [-0.15, -0.1) is 0 Å². The van der Waals surface area contributed by atoms with Gasteiger partial charge < -0.3 is 47.7 Å². The molecule has 2 heterocycles. The van der Waals surface area contributed by atoms with E-state index in [1.165, 1.54) is 11.8 Å². The molecule has 0 aromatic heterocycles. The Balaban J connectivity index is 1.06. The second-order valence-corrected chi connectivity index (χ2v) is 19.2. The summed E-state index contributed by atoms with van der Waals surface area (Å²) >= 11 is 1.34. The molecule has 0 amide bonds. The molecular formula is C61H64O10S. The average Bonchev–Trinajstić information content (AvgIpc) is 3.44. The Kier molecular flexibility index (Phi) is 19.6. The summed E-state index contributed by atoms with van der Waals surface area (Å²) in [6.07, 6.45) is -6.09. The average molecular weight is 989 g/mol. The molecule has 0 bridgehead atoms. The lowest BCUT2D eigenvalue weighted by Gasteiger charge is -2.49. The predicted molar refractivity (Wildman–Crippen MR) is 278 cm³/mol. The molecule has 0 radical (unpaired) electrons. The Labute approximate surface area is 428 Å². The van der Waals surface area contributed by atoms with Gasteiger partial charge in [0.05, 0.1) is 59.5 Å². The van der Waals surface area contributed by atoms with Gasteiger partial charge in [-0.2, -0.15) is 0 Å². The second-order valence-electron chi connectivity index (χ2n) is 18.0. The van der Waals surface area contributed by atoms with Gasteiger partial charge in [-0.25, -0.2) is 0 Å². The first-order valence-electron chi connectivity index (χ1n) is 24.8. The summed E-state index contributed by atoms with van der Waals surface area (Å²) in [5, 5.41) is 12.8. The number of hydrogen-bond acceptors (Lipinski definition) is 11. The van der Waals surface area contributed by atoms with Gasteiger partial charge in [0.25, 0.3) is 0 Å². The zero-order valence-electron chi connectivity index (χ0n) is 40.4. The van der Waals surface area contributed by atoms with E-state index in [9.17, 15) is 5.11 Å². The van der Waals surface area contributed by atoms with Gasteiger partial charge >= 0.3 is 0 Å². The lowest BCUT2D eigenvalue weighted by molar-refractivity contribution is -0.258. The van der Waals surface area contributed by atoms with E-state index in [2.05, 4.69) is 0 Å². The van der Waals surface area contributed by atoms with Crippen molar-refractivity contribution in [3.05, 3.63) is 251 Å². The van der Waals surface area contributed by atoms with Crippen molar-refractivity contribution in [2.24, 2.45) is 0 Å². The fourth-order valence-electron chi connectivity index (χ4n) is 8.92. The third-order valence-electron chi connectivity index (χ3n) is 12.7. The molecule has 10 nitrogen and oxygen atoms in total. The van der Waals surface area contributed by atoms with Crippen LogP contribution in [0, 0.1) is 0 Å². The lowest BCUT2D eigenvalue weighted by atomic mass is 9.98. The predicted octanol–water partition coefficient (Wildman–Crippen LogP) is 10.9. The number of hydrogen-bond donors (Lipinski definition) is 1. The molecule has 2 saturated heterocycles. The number of aliphatic hydroxyl groups is 1. The zero-order chi connectivity index (χ0) is 49.0. The number of rotatable bonds is 25. The maximum absolute atomic E-state index is 12.8. The fourth-order valence-corrected chi connectivity index (χ4v) is 10.3. The summed E-state index contributed by atoms with van der Waals surface area (Å²) in [4.78, 5) is 0. The highest BCUT2D eigenvalue weighted by Crippen LogP contribution is 2.42. The van der Waals surface area contributed by atoms with Crippen LogP contribution in [0.5, 0.6) is 0 Å². The van der Waals surface area contributed by atoms with Crippen molar-refractivity contribution >= 4 is 11.8 Å². The molecule has 0 aliphatic carbocycles. The van der Waals surface area contributed by atoms with E-state index in [0.717, 1.165) is 38.9 Å². The summed E-state index contributed by atoms with van der Waals surface area (Å²) in [5.41, 5.74) is 5.32. The van der Waals surface area contributed by atoms with Crippen LogP contribution in [0.25, 0.3) is 0 Å². The number of thioether (sulfide) groups is 1. The first-order valence-corrected chi connectivity index (χ1v) is 25.7. The highest BCUT2D eigenvalue weighted by atomic mass is 32.2. The maximum Gasteiger partial charge on any atom is 0.135 e. The summed E-state index contributed by atoms with van der Waals surface area (Å²) in [5.74, 6) is 0. The first kappa shape index (κ1) is 51.4. The molecule has 9 rings (SSSR count). The molecule has 11 heteroatoms. The Morgan fingerprint density at radius 1 is 0.306 bits per heavy atom. The van der Waals surface area contributed by atoms with Gasteiger partial charge in [-0.05, 0) is 38.9 Å². The van der Waals surface area contributed by atoms with E-state index in [-0.39, 0.29) is 39.6 Å². The SMILES string of the molecule is O[C@H]1[C@@H](OCc2ccccc2)[C@H](OCc2ccccc2)[C@@H](COCc2ccccc2)O[C@@H]1S[C@@H]1O[C@H](COCc2ccccc2)[C@@H](OCc2ccccc2)[C@H](OCc2ccccc2)[C@H]1OCc1ccccc1. The normalized spacial score (nSPS) is 24.2. The summed E-state index contributed by atoms with van der Waals surface area (Å²) in [6, 6.07) is 70.2. The largest absolute Gasteiger partial charge is 0.387 e. The van der Waals surface area contributed by atoms with Crippen LogP contribution in [0.3, 0.4) is 0 Å². The quantitative estimate of drug-likeness (QED) is 0.0592. The fraction of sp³-hybridized carbons (Fsp3) is 0.311. The molecule has 2 fully saturated rings. The molecular weight excluding hydrogens is 925 g/mol. The van der Waals surface area contributed by atoms with E-state index in [0.29, 0.717) is 19.8 Å². The van der Waals surface area contributed by atoms with E-state index in [1.807, 2.05) is 212 Å². The standard InChI is InChI=1S/C61H64O10S/c62-54-57(67-40-49-30-16-5-17-31-49)55(65-38-47-26-12-3-13-27-47)52(43-63-36-45-22-8-1-9-23-45)70-60(54)72-61-59(69-42-51-34-20-7-21-35-51)58(68-41-50-32-18-6-19-33-50)56(66-39-48-28-14-4-15-29-48)53(71-61)44-64-37-46-24-10-2-11-25-46/h1-35,52-62H,36-44H2/t52-,53-,54+,55-,56-,57-,58+,59-,60-,61+/m1/s1. The van der Waals surface area contributed by atoms with E-state index in [1.54, 1.807) is 0 Å². The van der Waals surface area contributed by atoms with Crippen molar-refractivity contribution in [3.63, 3.8) is 0 Å². The Hall–Kier alpha value is -5.51. The molecule has 0 unspecified atom stereocenters.